The fourth-order valence-electron chi connectivity index (χ4n) is 2.11. The van der Waals surface area contributed by atoms with Crippen LogP contribution in [0.15, 0.2) is 53.5 Å². The zero-order chi connectivity index (χ0) is 16.5. The molecule has 0 fully saturated rings. The van der Waals surface area contributed by atoms with Crippen molar-refractivity contribution in [2.75, 3.05) is 13.7 Å². The number of rotatable bonds is 6. The maximum absolute atomic E-state index is 12.9. The molecule has 0 aliphatic heterocycles. The van der Waals surface area contributed by atoms with Crippen LogP contribution in [-0.2, 0) is 13.1 Å². The largest absolute Gasteiger partial charge is 0.494 e. The van der Waals surface area contributed by atoms with Crippen molar-refractivity contribution in [2.45, 2.75) is 20.0 Å². The molecular formula is C18H22FN3O. The van der Waals surface area contributed by atoms with Gasteiger partial charge in [-0.25, -0.2) is 4.39 Å². The highest BCUT2D eigenvalue weighted by atomic mass is 19.1. The number of ether oxygens (including phenoxy) is 1. The van der Waals surface area contributed by atoms with Crippen LogP contribution in [-0.4, -0.2) is 19.6 Å². The molecule has 0 aromatic heterocycles. The minimum atomic E-state index is -0.231. The molecule has 0 amide bonds. The van der Waals surface area contributed by atoms with E-state index >= 15 is 0 Å². The maximum Gasteiger partial charge on any atom is 0.191 e. The fourth-order valence-corrected chi connectivity index (χ4v) is 2.11. The van der Waals surface area contributed by atoms with E-state index in [1.165, 1.54) is 12.1 Å². The number of benzene rings is 2. The van der Waals surface area contributed by atoms with Gasteiger partial charge in [-0.15, -0.1) is 0 Å². The second-order valence-corrected chi connectivity index (χ2v) is 4.99. The van der Waals surface area contributed by atoms with Gasteiger partial charge in [-0.05, 0) is 42.3 Å². The lowest BCUT2D eigenvalue weighted by molar-refractivity contribution is 0.340. The van der Waals surface area contributed by atoms with Gasteiger partial charge in [-0.1, -0.05) is 24.3 Å². The number of hydrogen-bond donors (Lipinski definition) is 2. The summed E-state index contributed by atoms with van der Waals surface area (Å²) in [6, 6.07) is 14.3. The smallest absolute Gasteiger partial charge is 0.191 e. The second-order valence-electron chi connectivity index (χ2n) is 4.99. The van der Waals surface area contributed by atoms with E-state index in [2.05, 4.69) is 15.6 Å². The van der Waals surface area contributed by atoms with Gasteiger partial charge < -0.3 is 15.4 Å². The summed E-state index contributed by atoms with van der Waals surface area (Å²) < 4.78 is 18.4. The summed E-state index contributed by atoms with van der Waals surface area (Å²) >= 11 is 0. The second kappa shape index (κ2) is 8.78. The van der Waals surface area contributed by atoms with Gasteiger partial charge >= 0.3 is 0 Å². The lowest BCUT2D eigenvalue weighted by Gasteiger charge is -2.12. The van der Waals surface area contributed by atoms with Crippen molar-refractivity contribution in [3.8, 4) is 5.75 Å². The fraction of sp³-hybridized carbons (Fsp3) is 0.278. The minimum Gasteiger partial charge on any atom is -0.494 e. The van der Waals surface area contributed by atoms with E-state index < -0.39 is 0 Å². The highest BCUT2D eigenvalue weighted by Crippen LogP contribution is 2.12. The van der Waals surface area contributed by atoms with Crippen LogP contribution in [0.3, 0.4) is 0 Å². The lowest BCUT2D eigenvalue weighted by atomic mass is 10.2. The summed E-state index contributed by atoms with van der Waals surface area (Å²) in [5.74, 6) is 1.32. The first-order chi connectivity index (χ1) is 11.2. The van der Waals surface area contributed by atoms with Gasteiger partial charge in [0, 0.05) is 20.1 Å². The van der Waals surface area contributed by atoms with Gasteiger partial charge in [0.25, 0.3) is 0 Å². The predicted octanol–water partition coefficient (Wildman–Crippen LogP) is 3.09. The molecule has 0 saturated heterocycles. The summed E-state index contributed by atoms with van der Waals surface area (Å²) in [6.45, 7) is 3.84. The molecule has 0 aliphatic carbocycles. The third-order valence-corrected chi connectivity index (χ3v) is 3.27. The molecule has 0 bridgehead atoms. The van der Waals surface area contributed by atoms with Crippen LogP contribution < -0.4 is 15.4 Å². The molecular weight excluding hydrogens is 293 g/mol. The molecule has 0 heterocycles. The Morgan fingerprint density at radius 3 is 2.39 bits per heavy atom. The summed E-state index contributed by atoms with van der Waals surface area (Å²) in [4.78, 5) is 4.18. The molecule has 0 unspecified atom stereocenters. The molecule has 0 spiro atoms. The molecule has 5 heteroatoms. The third kappa shape index (κ3) is 5.62. The van der Waals surface area contributed by atoms with E-state index in [9.17, 15) is 4.39 Å². The van der Waals surface area contributed by atoms with Crippen molar-refractivity contribution < 1.29 is 9.13 Å². The van der Waals surface area contributed by atoms with Crippen molar-refractivity contribution in [1.82, 2.24) is 10.6 Å². The Kier molecular flexibility index (Phi) is 6.41. The summed E-state index contributed by atoms with van der Waals surface area (Å²) in [5, 5.41) is 6.45. The average molecular weight is 315 g/mol. The van der Waals surface area contributed by atoms with Gasteiger partial charge in [0.1, 0.15) is 11.6 Å². The first kappa shape index (κ1) is 16.8. The van der Waals surface area contributed by atoms with Crippen molar-refractivity contribution in [1.29, 1.82) is 0 Å². The Morgan fingerprint density at radius 2 is 1.74 bits per heavy atom. The van der Waals surface area contributed by atoms with Crippen LogP contribution in [0.1, 0.15) is 18.1 Å². The molecule has 23 heavy (non-hydrogen) atoms. The molecule has 0 aliphatic rings. The first-order valence-corrected chi connectivity index (χ1v) is 7.62. The van der Waals surface area contributed by atoms with Gasteiger partial charge in [0.05, 0.1) is 6.61 Å². The first-order valence-electron chi connectivity index (χ1n) is 7.62. The number of halogens is 1. The standard InChI is InChI=1S/C18H22FN3O/c1-3-23-17-6-4-5-15(11-17)13-22-18(20-2)21-12-14-7-9-16(19)10-8-14/h4-11H,3,12-13H2,1-2H3,(H2,20,21,22). The summed E-state index contributed by atoms with van der Waals surface area (Å²) in [6.07, 6.45) is 0. The van der Waals surface area contributed by atoms with E-state index in [0.717, 1.165) is 16.9 Å². The zero-order valence-corrected chi connectivity index (χ0v) is 13.5. The van der Waals surface area contributed by atoms with Crippen LogP contribution in [0.25, 0.3) is 0 Å². The zero-order valence-electron chi connectivity index (χ0n) is 13.5. The topological polar surface area (TPSA) is 45.6 Å². The quantitative estimate of drug-likeness (QED) is 0.636. The molecule has 0 saturated carbocycles. The highest BCUT2D eigenvalue weighted by Gasteiger charge is 2.01. The Hall–Kier alpha value is -2.56. The van der Waals surface area contributed by atoms with Crippen LogP contribution in [0.2, 0.25) is 0 Å². The SMILES string of the molecule is CCOc1cccc(CNC(=NC)NCc2ccc(F)cc2)c1. The van der Waals surface area contributed by atoms with Gasteiger partial charge in [-0.3, -0.25) is 4.99 Å². The van der Waals surface area contributed by atoms with E-state index in [-0.39, 0.29) is 5.82 Å². The Balaban J connectivity index is 1.85. The Morgan fingerprint density at radius 1 is 1.04 bits per heavy atom. The lowest BCUT2D eigenvalue weighted by Crippen LogP contribution is -2.36. The molecule has 0 atom stereocenters. The number of nitrogens with zero attached hydrogens (tertiary/aromatic N) is 1. The Bertz CT molecular complexity index is 641. The van der Waals surface area contributed by atoms with E-state index in [1.807, 2.05) is 31.2 Å². The molecule has 0 radical (unpaired) electrons. The van der Waals surface area contributed by atoms with Crippen LogP contribution in [0.4, 0.5) is 4.39 Å². The molecule has 4 nitrogen and oxygen atoms in total. The van der Waals surface area contributed by atoms with Crippen LogP contribution in [0.5, 0.6) is 5.75 Å². The van der Waals surface area contributed by atoms with Gasteiger partial charge in [-0.2, -0.15) is 0 Å². The normalized spacial score (nSPS) is 11.2. The molecule has 2 rings (SSSR count). The van der Waals surface area contributed by atoms with Gasteiger partial charge in [0.15, 0.2) is 5.96 Å². The van der Waals surface area contributed by atoms with Crippen LogP contribution >= 0.6 is 0 Å². The van der Waals surface area contributed by atoms with E-state index in [0.29, 0.717) is 25.7 Å². The van der Waals surface area contributed by atoms with Gasteiger partial charge in [0.2, 0.25) is 0 Å². The average Bonchev–Trinajstić information content (AvgIpc) is 2.57. The molecule has 2 aromatic rings. The minimum absolute atomic E-state index is 0.231. The maximum atomic E-state index is 12.9. The monoisotopic (exact) mass is 315 g/mol. The number of guanidine groups is 1. The van der Waals surface area contributed by atoms with E-state index in [4.69, 9.17) is 4.74 Å². The van der Waals surface area contributed by atoms with Crippen molar-refractivity contribution in [3.63, 3.8) is 0 Å². The highest BCUT2D eigenvalue weighted by molar-refractivity contribution is 5.79. The van der Waals surface area contributed by atoms with Crippen LogP contribution in [0, 0.1) is 5.82 Å². The van der Waals surface area contributed by atoms with Crippen molar-refractivity contribution in [3.05, 3.63) is 65.5 Å². The van der Waals surface area contributed by atoms with Crippen molar-refractivity contribution >= 4 is 5.96 Å². The molecule has 2 N–H and O–H groups in total. The molecule has 122 valence electrons. The third-order valence-electron chi connectivity index (χ3n) is 3.27. The van der Waals surface area contributed by atoms with E-state index in [1.54, 1.807) is 19.2 Å². The van der Waals surface area contributed by atoms with Crippen molar-refractivity contribution in [2.24, 2.45) is 4.99 Å². The predicted molar refractivity (Wildman–Crippen MR) is 91.0 cm³/mol. The summed E-state index contributed by atoms with van der Waals surface area (Å²) in [7, 11) is 1.72. The summed E-state index contributed by atoms with van der Waals surface area (Å²) in [5.41, 5.74) is 2.10. The number of hydrogen-bond acceptors (Lipinski definition) is 2. The number of nitrogens with one attached hydrogen (secondary N) is 2. The molecule has 2 aromatic carbocycles. The number of aliphatic imine (C=N–C) groups is 1. The Labute approximate surface area is 136 Å².